The molecule has 3 unspecified atom stereocenters. The van der Waals surface area contributed by atoms with Crippen LogP contribution in [0.15, 0.2) is 67.4 Å². The first kappa shape index (κ1) is 53.0. The van der Waals surface area contributed by atoms with Crippen LogP contribution in [0.1, 0.15) is 69.8 Å². The van der Waals surface area contributed by atoms with Crippen molar-refractivity contribution < 1.29 is 42.9 Å². The molecule has 20 heteroatoms. The number of carbonyl (C=O) groups is 5. The van der Waals surface area contributed by atoms with E-state index < -0.39 is 0 Å². The zero-order chi connectivity index (χ0) is 48.2. The van der Waals surface area contributed by atoms with Gasteiger partial charge in [0.1, 0.15) is 11.6 Å². The van der Waals surface area contributed by atoms with E-state index in [4.69, 9.17) is 18.9 Å². The number of fused-ring (bicyclic) bond motifs is 1. The van der Waals surface area contributed by atoms with Gasteiger partial charge in [-0.1, -0.05) is 25.1 Å². The number of hydrogen-bond acceptors (Lipinski definition) is 14. The van der Waals surface area contributed by atoms with E-state index in [1.165, 1.54) is 6.08 Å². The zero-order valence-corrected chi connectivity index (χ0v) is 39.9. The topological polar surface area (TPSA) is 244 Å². The number of nitrogens with one attached hydrogen (secondary N) is 8. The monoisotopic (exact) mass is 960 g/mol. The molecule has 3 aromatic rings. The van der Waals surface area contributed by atoms with Crippen molar-refractivity contribution in [2.24, 2.45) is 0 Å². The Hall–Kier alpha value is -5.96. The molecule has 0 aliphatic carbocycles. The number of nitrogens with zero attached hydrogens (tertiary/aromatic N) is 2. The first-order valence-corrected chi connectivity index (χ1v) is 24.6. The highest BCUT2D eigenvalue weighted by Crippen LogP contribution is 2.33. The maximum Gasteiger partial charge on any atom is 0.315 e. The molecule has 0 saturated carbocycles. The lowest BCUT2D eigenvalue weighted by atomic mass is 10.0. The molecule has 8 N–H and O–H groups in total. The Morgan fingerprint density at radius 1 is 0.735 bits per heavy atom. The van der Waals surface area contributed by atoms with Gasteiger partial charge >= 0.3 is 6.03 Å². The van der Waals surface area contributed by atoms with Crippen LogP contribution in [-0.4, -0.2) is 129 Å². The number of aryl methyl sites for hydroxylation is 1. The van der Waals surface area contributed by atoms with Crippen LogP contribution in [0.3, 0.4) is 0 Å². The number of anilines is 5. The average Bonchev–Trinajstić information content (AvgIpc) is 3.89. The fourth-order valence-electron chi connectivity index (χ4n) is 7.21. The highest BCUT2D eigenvalue weighted by molar-refractivity contribution is 8.00. The second-order valence-electron chi connectivity index (χ2n) is 16.3. The third kappa shape index (κ3) is 20.5. The number of unbranched alkanes of at least 4 members (excludes halogenated alkanes) is 1. The molecular formula is C48H68N10O9S. The summed E-state index contributed by atoms with van der Waals surface area (Å²) in [5.41, 5.74) is 2.94. The van der Waals surface area contributed by atoms with Gasteiger partial charge in [0.25, 0.3) is 0 Å². The highest BCUT2D eigenvalue weighted by Gasteiger charge is 2.42. The van der Waals surface area contributed by atoms with Gasteiger partial charge in [0.05, 0.1) is 45.1 Å². The quantitative estimate of drug-likeness (QED) is 0.0217. The zero-order valence-electron chi connectivity index (χ0n) is 39.0. The van der Waals surface area contributed by atoms with E-state index >= 15 is 0 Å². The van der Waals surface area contributed by atoms with Gasteiger partial charge in [0, 0.05) is 98.0 Å². The minimum Gasteiger partial charge on any atom is -0.493 e. The summed E-state index contributed by atoms with van der Waals surface area (Å²) in [6.45, 7) is 10.2. The molecule has 0 spiro atoms. The van der Waals surface area contributed by atoms with E-state index in [1.807, 2.05) is 55.1 Å². The van der Waals surface area contributed by atoms with Gasteiger partial charge in [0.2, 0.25) is 29.6 Å². The van der Waals surface area contributed by atoms with Gasteiger partial charge in [-0.3, -0.25) is 19.2 Å². The van der Waals surface area contributed by atoms with Crippen LogP contribution in [0.2, 0.25) is 0 Å². The summed E-state index contributed by atoms with van der Waals surface area (Å²) in [6, 6.07) is 15.1. The fraction of sp³-hybridized carbons (Fsp3) is 0.521. The molecule has 0 bridgehead atoms. The van der Waals surface area contributed by atoms with Gasteiger partial charge < -0.3 is 61.5 Å². The molecule has 3 heterocycles. The Bertz CT molecular complexity index is 2080. The van der Waals surface area contributed by atoms with Gasteiger partial charge in [-0.15, -0.1) is 0 Å². The number of amides is 6. The van der Waals surface area contributed by atoms with Crippen LogP contribution in [-0.2, 0) is 33.4 Å². The van der Waals surface area contributed by atoms with E-state index in [0.29, 0.717) is 120 Å². The van der Waals surface area contributed by atoms with Crippen LogP contribution in [0.25, 0.3) is 0 Å². The molecule has 370 valence electrons. The highest BCUT2D eigenvalue weighted by atomic mass is 32.2. The molecule has 6 amide bonds. The van der Waals surface area contributed by atoms with Crippen molar-refractivity contribution in [3.63, 3.8) is 0 Å². The number of benzene rings is 2. The Morgan fingerprint density at radius 3 is 2.01 bits per heavy atom. The molecule has 2 aliphatic rings. The molecule has 5 rings (SSSR count). The molecule has 0 radical (unpaired) electrons. The Morgan fingerprint density at radius 2 is 1.34 bits per heavy atom. The van der Waals surface area contributed by atoms with Crippen LogP contribution in [0, 0.1) is 6.92 Å². The summed E-state index contributed by atoms with van der Waals surface area (Å²) in [4.78, 5) is 68.9. The SMILES string of the molecule is C=CC(=O)Nc1cccc(Nc2nc(Nc3cccc(OCCCNC(=O)CCCC(=O)NCCCOCCOCCOCCCNC(=O)CCCCC4SCC5NC(=O)NC54)c3)ncc2C)c1. The maximum atomic E-state index is 12.3. The predicted molar refractivity (Wildman–Crippen MR) is 264 cm³/mol. The predicted octanol–water partition coefficient (Wildman–Crippen LogP) is 5.24. The normalized spacial score (nSPS) is 15.9. The second kappa shape index (κ2) is 30.4. The first-order chi connectivity index (χ1) is 33.1. The number of hydrogen-bond donors (Lipinski definition) is 8. The molecule has 1 aromatic heterocycles. The van der Waals surface area contributed by atoms with Gasteiger partial charge in [-0.2, -0.15) is 16.7 Å². The van der Waals surface area contributed by atoms with Crippen molar-refractivity contribution in [2.45, 2.75) is 88.5 Å². The Kier molecular flexibility index (Phi) is 23.7. The lowest BCUT2D eigenvalue weighted by Crippen LogP contribution is -2.36. The molecule has 2 saturated heterocycles. The van der Waals surface area contributed by atoms with E-state index in [0.717, 1.165) is 48.4 Å². The summed E-state index contributed by atoms with van der Waals surface area (Å²) in [6.07, 6.45) is 9.26. The van der Waals surface area contributed by atoms with Crippen LogP contribution < -0.4 is 47.3 Å². The number of rotatable bonds is 34. The number of carbonyl (C=O) groups excluding carboxylic acids is 5. The second-order valence-corrected chi connectivity index (χ2v) is 17.6. The van der Waals surface area contributed by atoms with E-state index in [-0.39, 0.29) is 54.6 Å². The summed E-state index contributed by atoms with van der Waals surface area (Å²) < 4.78 is 22.6. The first-order valence-electron chi connectivity index (χ1n) is 23.5. The minimum absolute atomic E-state index is 0.0618. The van der Waals surface area contributed by atoms with Crippen molar-refractivity contribution in [3.05, 3.63) is 72.9 Å². The summed E-state index contributed by atoms with van der Waals surface area (Å²) in [5, 5.41) is 24.3. The fourth-order valence-corrected chi connectivity index (χ4v) is 8.75. The lowest BCUT2D eigenvalue weighted by molar-refractivity contribution is -0.123. The van der Waals surface area contributed by atoms with Crippen molar-refractivity contribution in [3.8, 4) is 5.75 Å². The standard InChI is InChI=1S/C48H68N10O9S/c1-3-41(59)53-35-12-6-13-36(30-35)54-46-34(2)32-52-47(58-46)55-37-14-7-15-38(31-37)67-25-11-22-51-44(62)19-8-18-43(61)50-21-10-24-65-27-29-66-28-26-64-23-9-20-49-42(60)17-5-4-16-40-45-39(33-68-40)56-48(63)57-45/h3,6-7,12-15,30-32,39-40,45H,1,4-5,8-11,16-29,33H2,2H3,(H,49,60)(H,50,61)(H,51,62)(H,53,59)(H2,56,57,63)(H2,52,54,55,58). The molecule has 19 nitrogen and oxygen atoms in total. The molecule has 68 heavy (non-hydrogen) atoms. The van der Waals surface area contributed by atoms with Crippen molar-refractivity contribution >= 4 is 70.3 Å². The van der Waals surface area contributed by atoms with Crippen LogP contribution in [0.4, 0.5) is 33.6 Å². The largest absolute Gasteiger partial charge is 0.493 e. The summed E-state index contributed by atoms with van der Waals surface area (Å²) in [7, 11) is 0. The van der Waals surface area contributed by atoms with E-state index in [1.54, 1.807) is 18.3 Å². The van der Waals surface area contributed by atoms with Crippen LogP contribution in [0.5, 0.6) is 5.75 Å². The molecule has 3 atom stereocenters. The van der Waals surface area contributed by atoms with Crippen molar-refractivity contribution in [2.75, 3.05) is 87.6 Å². The van der Waals surface area contributed by atoms with Gasteiger partial charge in [-0.25, -0.2) is 9.78 Å². The average molecular weight is 961 g/mol. The Balaban J connectivity index is 0.775. The van der Waals surface area contributed by atoms with E-state index in [9.17, 15) is 24.0 Å². The minimum atomic E-state index is -0.296. The third-order valence-electron chi connectivity index (χ3n) is 10.8. The Labute approximate surface area is 403 Å². The third-order valence-corrected chi connectivity index (χ3v) is 12.3. The van der Waals surface area contributed by atoms with E-state index in [2.05, 4.69) is 59.1 Å². The molecule has 2 aliphatic heterocycles. The van der Waals surface area contributed by atoms with Crippen molar-refractivity contribution in [1.82, 2.24) is 36.6 Å². The van der Waals surface area contributed by atoms with Gasteiger partial charge in [-0.05, 0) is 81.9 Å². The summed E-state index contributed by atoms with van der Waals surface area (Å²) >= 11 is 1.90. The molecule has 2 aromatic carbocycles. The lowest BCUT2D eigenvalue weighted by Gasteiger charge is -2.16. The van der Waals surface area contributed by atoms with Gasteiger partial charge in [0.15, 0.2) is 0 Å². The maximum absolute atomic E-state index is 12.3. The number of ether oxygens (including phenoxy) is 4. The summed E-state index contributed by atoms with van der Waals surface area (Å²) in [5.74, 6) is 2.16. The number of aromatic nitrogens is 2. The van der Waals surface area contributed by atoms with Crippen molar-refractivity contribution in [1.29, 1.82) is 0 Å². The van der Waals surface area contributed by atoms with Crippen LogP contribution >= 0.6 is 11.8 Å². The number of thioether (sulfide) groups is 1. The molecule has 2 fully saturated rings. The smallest absolute Gasteiger partial charge is 0.315 e. The molecular weight excluding hydrogens is 893 g/mol. The number of urea groups is 1.